The molecule has 0 unspecified atom stereocenters. The van der Waals surface area contributed by atoms with Gasteiger partial charge in [-0.25, -0.2) is 9.78 Å². The highest BCUT2D eigenvalue weighted by molar-refractivity contribution is 7.20. The number of carbonyl (C=O) groups excluding carboxylic acids is 1. The zero-order valence-corrected chi connectivity index (χ0v) is 16.6. The van der Waals surface area contributed by atoms with Crippen LogP contribution in [0.15, 0.2) is 35.1 Å². The molecule has 0 spiro atoms. The van der Waals surface area contributed by atoms with Crippen LogP contribution in [0.25, 0.3) is 10.2 Å². The van der Waals surface area contributed by atoms with Gasteiger partial charge in [0.15, 0.2) is 0 Å². The van der Waals surface area contributed by atoms with E-state index in [9.17, 15) is 9.59 Å². The Morgan fingerprint density at radius 2 is 2.00 bits per heavy atom. The van der Waals surface area contributed by atoms with Crippen molar-refractivity contribution in [3.05, 3.63) is 62.5 Å². The normalized spacial score (nSPS) is 11.3. The van der Waals surface area contributed by atoms with Gasteiger partial charge in [0.05, 0.1) is 19.0 Å². The fourth-order valence-electron chi connectivity index (χ4n) is 3.13. The lowest BCUT2D eigenvalue weighted by atomic mass is 10.2. The minimum absolute atomic E-state index is 0.213. The Bertz CT molecular complexity index is 995. The zero-order chi connectivity index (χ0) is 19.4. The monoisotopic (exact) mass is 385 g/mol. The summed E-state index contributed by atoms with van der Waals surface area (Å²) in [5, 5.41) is 0.467. The third-order valence-corrected chi connectivity index (χ3v) is 5.55. The second-order valence-corrected chi connectivity index (χ2v) is 7.44. The maximum absolute atomic E-state index is 12.6. The first-order valence-corrected chi connectivity index (χ1v) is 9.72. The molecule has 0 saturated carbocycles. The number of hydrogen-bond donors (Lipinski definition) is 1. The molecular weight excluding hydrogens is 362 g/mol. The molecule has 1 aromatic carbocycles. The van der Waals surface area contributed by atoms with Gasteiger partial charge in [-0.05, 0) is 31.0 Å². The topological polar surface area (TPSA) is 75.3 Å². The Labute approximate surface area is 161 Å². The summed E-state index contributed by atoms with van der Waals surface area (Å²) in [6, 6.07) is 10.2. The quantitative estimate of drug-likeness (QED) is 0.630. The van der Waals surface area contributed by atoms with Gasteiger partial charge in [-0.3, -0.25) is 9.69 Å². The van der Waals surface area contributed by atoms with Gasteiger partial charge >= 0.3 is 5.97 Å². The van der Waals surface area contributed by atoms with Crippen LogP contribution in [0, 0.1) is 6.92 Å². The largest absolute Gasteiger partial charge is 0.465 e. The van der Waals surface area contributed by atoms with E-state index in [1.165, 1.54) is 24.0 Å². The standard InChI is InChI=1S/C20H23N3O3S/c1-4-10-23(11-14-8-6-5-7-9-14)12-15-21-18(24)16-13(2)17(20(25)26-3)27-19(16)22-15/h5-9H,4,10-12H2,1-3H3,(H,21,22,24). The number of rotatable bonds is 7. The van der Waals surface area contributed by atoms with Crippen LogP contribution >= 0.6 is 11.3 Å². The number of esters is 1. The molecule has 0 atom stereocenters. The fourth-order valence-corrected chi connectivity index (χ4v) is 4.25. The van der Waals surface area contributed by atoms with E-state index in [-0.39, 0.29) is 5.56 Å². The molecule has 0 saturated heterocycles. The molecule has 0 radical (unpaired) electrons. The van der Waals surface area contributed by atoms with E-state index in [2.05, 4.69) is 33.9 Å². The third-order valence-electron chi connectivity index (χ3n) is 4.38. The number of aromatic amines is 1. The van der Waals surface area contributed by atoms with Gasteiger partial charge < -0.3 is 9.72 Å². The van der Waals surface area contributed by atoms with Crippen LogP contribution in [0.2, 0.25) is 0 Å². The van der Waals surface area contributed by atoms with Crippen LogP contribution in [-0.4, -0.2) is 34.5 Å². The lowest BCUT2D eigenvalue weighted by Crippen LogP contribution is -2.26. The summed E-state index contributed by atoms with van der Waals surface area (Å²) in [4.78, 5) is 35.2. The molecule has 0 aliphatic carbocycles. The summed E-state index contributed by atoms with van der Waals surface area (Å²) in [7, 11) is 1.33. The first kappa shape index (κ1) is 19.3. The Hall–Kier alpha value is -2.51. The molecule has 0 bridgehead atoms. The number of fused-ring (bicyclic) bond motifs is 1. The van der Waals surface area contributed by atoms with Gasteiger partial charge in [0.1, 0.15) is 15.5 Å². The van der Waals surface area contributed by atoms with Crippen molar-refractivity contribution in [2.24, 2.45) is 0 Å². The maximum atomic E-state index is 12.6. The number of nitrogens with one attached hydrogen (secondary N) is 1. The number of benzene rings is 1. The van der Waals surface area contributed by atoms with Gasteiger partial charge in [0, 0.05) is 6.54 Å². The van der Waals surface area contributed by atoms with E-state index in [0.717, 1.165) is 19.5 Å². The van der Waals surface area contributed by atoms with Crippen LogP contribution in [0.4, 0.5) is 0 Å². The highest BCUT2D eigenvalue weighted by atomic mass is 32.1. The average Bonchev–Trinajstić information content (AvgIpc) is 2.99. The molecule has 7 heteroatoms. The number of thiophene rings is 1. The van der Waals surface area contributed by atoms with Crippen molar-refractivity contribution in [1.82, 2.24) is 14.9 Å². The van der Waals surface area contributed by atoms with E-state index < -0.39 is 5.97 Å². The average molecular weight is 385 g/mol. The van der Waals surface area contributed by atoms with E-state index >= 15 is 0 Å². The van der Waals surface area contributed by atoms with E-state index in [1.807, 2.05) is 18.2 Å². The predicted octanol–water partition coefficient (Wildman–Crippen LogP) is 3.49. The third kappa shape index (κ3) is 4.26. The number of carbonyl (C=O) groups is 1. The number of aromatic nitrogens is 2. The second-order valence-electron chi connectivity index (χ2n) is 6.44. The first-order valence-electron chi connectivity index (χ1n) is 8.90. The molecular formula is C20H23N3O3S. The van der Waals surface area contributed by atoms with Gasteiger partial charge in [0.2, 0.25) is 0 Å². The van der Waals surface area contributed by atoms with Crippen LogP contribution in [0.3, 0.4) is 0 Å². The van der Waals surface area contributed by atoms with Crippen molar-refractivity contribution >= 4 is 27.5 Å². The number of ether oxygens (including phenoxy) is 1. The van der Waals surface area contributed by atoms with Gasteiger partial charge in [-0.1, -0.05) is 37.3 Å². The molecule has 142 valence electrons. The maximum Gasteiger partial charge on any atom is 0.348 e. The predicted molar refractivity (Wildman–Crippen MR) is 107 cm³/mol. The molecule has 2 heterocycles. The smallest absolute Gasteiger partial charge is 0.348 e. The molecule has 2 aromatic heterocycles. The Morgan fingerprint density at radius 3 is 2.67 bits per heavy atom. The number of aryl methyl sites for hydroxylation is 1. The lowest BCUT2D eigenvalue weighted by Gasteiger charge is -2.21. The molecule has 0 amide bonds. The van der Waals surface area contributed by atoms with Crippen molar-refractivity contribution in [2.75, 3.05) is 13.7 Å². The van der Waals surface area contributed by atoms with Crippen molar-refractivity contribution in [3.8, 4) is 0 Å². The van der Waals surface area contributed by atoms with Gasteiger partial charge in [0.25, 0.3) is 5.56 Å². The van der Waals surface area contributed by atoms with Gasteiger partial charge in [-0.2, -0.15) is 0 Å². The molecule has 3 aromatic rings. The summed E-state index contributed by atoms with van der Waals surface area (Å²) in [6.07, 6.45) is 1.00. The van der Waals surface area contributed by atoms with E-state index in [0.29, 0.717) is 33.0 Å². The number of methoxy groups -OCH3 is 1. The fraction of sp³-hybridized carbons (Fsp3) is 0.350. The van der Waals surface area contributed by atoms with Crippen LogP contribution in [0.1, 0.15) is 40.0 Å². The molecule has 0 aliphatic heterocycles. The minimum Gasteiger partial charge on any atom is -0.465 e. The van der Waals surface area contributed by atoms with Crippen LogP contribution in [0.5, 0.6) is 0 Å². The molecule has 3 rings (SSSR count). The highest BCUT2D eigenvalue weighted by Crippen LogP contribution is 2.27. The summed E-state index contributed by atoms with van der Waals surface area (Å²) in [6.45, 7) is 6.10. The van der Waals surface area contributed by atoms with Crippen LogP contribution < -0.4 is 5.56 Å². The summed E-state index contributed by atoms with van der Waals surface area (Å²) >= 11 is 1.21. The molecule has 6 nitrogen and oxygen atoms in total. The van der Waals surface area contributed by atoms with Crippen molar-refractivity contribution in [2.45, 2.75) is 33.4 Å². The zero-order valence-electron chi connectivity index (χ0n) is 15.7. The number of H-pyrrole nitrogens is 1. The Balaban J connectivity index is 1.91. The molecule has 0 fully saturated rings. The Morgan fingerprint density at radius 1 is 1.26 bits per heavy atom. The molecule has 1 N–H and O–H groups in total. The van der Waals surface area contributed by atoms with Crippen LogP contribution in [-0.2, 0) is 17.8 Å². The number of nitrogens with zero attached hydrogens (tertiary/aromatic N) is 2. The van der Waals surface area contributed by atoms with Gasteiger partial charge in [-0.15, -0.1) is 11.3 Å². The second kappa shape index (κ2) is 8.45. The summed E-state index contributed by atoms with van der Waals surface area (Å²) < 4.78 is 4.80. The summed E-state index contributed by atoms with van der Waals surface area (Å²) in [5.74, 6) is 0.169. The van der Waals surface area contributed by atoms with Crippen molar-refractivity contribution < 1.29 is 9.53 Å². The Kier molecular flexibility index (Phi) is 6.03. The van der Waals surface area contributed by atoms with E-state index in [1.54, 1.807) is 6.92 Å². The first-order chi connectivity index (χ1) is 13.0. The number of hydrogen-bond acceptors (Lipinski definition) is 6. The SMILES string of the molecule is CCCN(Cc1ccccc1)Cc1nc2sc(C(=O)OC)c(C)c2c(=O)[nH]1. The van der Waals surface area contributed by atoms with Crippen molar-refractivity contribution in [3.63, 3.8) is 0 Å². The molecule has 27 heavy (non-hydrogen) atoms. The molecule has 0 aliphatic rings. The van der Waals surface area contributed by atoms with E-state index in [4.69, 9.17) is 4.74 Å². The highest BCUT2D eigenvalue weighted by Gasteiger charge is 2.20. The minimum atomic E-state index is -0.437. The lowest BCUT2D eigenvalue weighted by molar-refractivity contribution is 0.0605. The van der Waals surface area contributed by atoms with Crippen molar-refractivity contribution in [1.29, 1.82) is 0 Å². The summed E-state index contributed by atoms with van der Waals surface area (Å²) in [5.41, 5.74) is 1.63.